The van der Waals surface area contributed by atoms with Gasteiger partial charge in [0.2, 0.25) is 12.6 Å². The van der Waals surface area contributed by atoms with E-state index in [4.69, 9.17) is 47.4 Å². The maximum absolute atomic E-state index is 12.5. The highest BCUT2D eigenvalue weighted by atomic mass is 28.3. The molecule has 1 N–H and O–H groups in total. The second-order valence-electron chi connectivity index (χ2n) is 13.8. The molecular weight excluding hydrogens is 700 g/mol. The van der Waals surface area contributed by atoms with Crippen LogP contribution in [0.4, 0.5) is 0 Å². The maximum Gasteiger partial charge on any atom is 0.303 e. The molecule has 0 aromatic rings. The Morgan fingerprint density at radius 2 is 0.922 bits per heavy atom. The predicted molar refractivity (Wildman–Crippen MR) is 172 cm³/mol. The van der Waals surface area contributed by atoms with Crippen molar-refractivity contribution in [2.45, 2.75) is 155 Å². The van der Waals surface area contributed by atoms with Gasteiger partial charge in [0.1, 0.15) is 18.8 Å². The monoisotopic (exact) mass is 750 g/mol. The lowest BCUT2D eigenvalue weighted by atomic mass is 9.96. The van der Waals surface area contributed by atoms with Crippen molar-refractivity contribution in [1.82, 2.24) is 0 Å². The van der Waals surface area contributed by atoms with Crippen LogP contribution in [0.3, 0.4) is 0 Å². The highest BCUT2D eigenvalue weighted by molar-refractivity contribution is 6.81. The van der Waals surface area contributed by atoms with Gasteiger partial charge >= 0.3 is 41.8 Å². The SMILES string of the molecule is CC(=O)OC[C@H]1O[C@H](O[C@H]2O[C@H](C(O)[Si](C)(C)C(C)(C)C)[C@@H](OC(C)=O)[C@H](OC(C)=O)[C@H]2OC(C)=O)[C@H](OC(C)=O)[C@@H](OC(C)=O)[C@@H]1OC(C)=O. The van der Waals surface area contributed by atoms with E-state index in [0.29, 0.717) is 0 Å². The summed E-state index contributed by atoms with van der Waals surface area (Å²) in [6.07, 6.45) is -16.3. The molecule has 2 heterocycles. The number of ether oxygens (including phenoxy) is 10. The number of esters is 7. The van der Waals surface area contributed by atoms with E-state index in [1.807, 2.05) is 33.9 Å². The standard InChI is InChI=1S/C32H50O18Si/c1-14(33)41-13-21-22(42-15(2)34)23(43-16(3)35)27(46-19(6)38)30(48-21)50-31-28(47-20(7)39)25(45-18(5)37)24(44-17(4)36)26(49-31)29(40)51(11,12)32(8,9)10/h21-31,40H,13H2,1-12H3/t21-,22-,23+,24+,25+,26+,27-,28-,29?,30-,31-/m1/s1. The molecule has 18 nitrogen and oxygen atoms in total. The Morgan fingerprint density at radius 1 is 0.569 bits per heavy atom. The lowest BCUT2D eigenvalue weighted by molar-refractivity contribution is -0.379. The van der Waals surface area contributed by atoms with E-state index in [2.05, 4.69) is 0 Å². The summed E-state index contributed by atoms with van der Waals surface area (Å²) < 4.78 is 56.6. The fourth-order valence-corrected chi connectivity index (χ4v) is 7.43. The van der Waals surface area contributed by atoms with Gasteiger partial charge in [-0.1, -0.05) is 33.9 Å². The molecule has 2 rings (SSSR count). The molecule has 19 heteroatoms. The Hall–Kier alpha value is -3.65. The van der Waals surface area contributed by atoms with Gasteiger partial charge in [-0.05, 0) is 5.04 Å². The van der Waals surface area contributed by atoms with Gasteiger partial charge < -0.3 is 52.5 Å². The number of aliphatic hydroxyl groups is 1. The normalized spacial score (nSPS) is 30.1. The molecule has 0 amide bonds. The molecule has 0 spiro atoms. The Labute approximate surface area is 296 Å². The third-order valence-corrected chi connectivity index (χ3v) is 14.3. The highest BCUT2D eigenvalue weighted by Gasteiger charge is 2.60. The fraction of sp³-hybridized carbons (Fsp3) is 0.781. The Bertz CT molecular complexity index is 1310. The third kappa shape index (κ3) is 11.7. The molecule has 2 fully saturated rings. The van der Waals surface area contributed by atoms with Gasteiger partial charge in [-0.15, -0.1) is 0 Å². The van der Waals surface area contributed by atoms with Crippen molar-refractivity contribution in [3.8, 4) is 0 Å². The second-order valence-corrected chi connectivity index (χ2v) is 19.3. The van der Waals surface area contributed by atoms with Crippen LogP contribution in [0.5, 0.6) is 0 Å². The molecule has 0 radical (unpaired) electrons. The van der Waals surface area contributed by atoms with E-state index in [0.717, 1.165) is 48.5 Å². The molecule has 0 bridgehead atoms. The van der Waals surface area contributed by atoms with E-state index in [9.17, 15) is 38.7 Å². The van der Waals surface area contributed by atoms with Crippen LogP contribution in [0.25, 0.3) is 0 Å². The van der Waals surface area contributed by atoms with Crippen LogP contribution in [0.15, 0.2) is 0 Å². The first-order valence-corrected chi connectivity index (χ1v) is 19.3. The van der Waals surface area contributed by atoms with Gasteiger partial charge in [-0.25, -0.2) is 0 Å². The zero-order chi connectivity index (χ0) is 39.2. The molecule has 2 saturated heterocycles. The fourth-order valence-electron chi connectivity index (χ4n) is 5.45. The summed E-state index contributed by atoms with van der Waals surface area (Å²) in [5.41, 5.74) is -1.35. The summed E-state index contributed by atoms with van der Waals surface area (Å²) >= 11 is 0. The van der Waals surface area contributed by atoms with E-state index in [1.54, 1.807) is 0 Å². The molecule has 290 valence electrons. The summed E-state index contributed by atoms with van der Waals surface area (Å²) in [5, 5.41) is 11.5. The first-order chi connectivity index (χ1) is 23.4. The minimum Gasteiger partial charge on any atom is -0.463 e. The lowest BCUT2D eigenvalue weighted by Crippen LogP contribution is -2.70. The van der Waals surface area contributed by atoms with Crippen LogP contribution in [0, 0.1) is 0 Å². The van der Waals surface area contributed by atoms with Gasteiger partial charge in [-0.2, -0.15) is 0 Å². The van der Waals surface area contributed by atoms with Crippen molar-refractivity contribution < 1.29 is 86.0 Å². The first-order valence-electron chi connectivity index (χ1n) is 16.2. The van der Waals surface area contributed by atoms with E-state index >= 15 is 0 Å². The van der Waals surface area contributed by atoms with Crippen LogP contribution in [-0.4, -0.2) is 129 Å². The molecule has 2 aliphatic rings. The number of hydrogen-bond donors (Lipinski definition) is 1. The molecule has 0 aromatic heterocycles. The number of hydrogen-bond acceptors (Lipinski definition) is 18. The molecule has 11 atom stereocenters. The van der Waals surface area contributed by atoms with Gasteiger partial charge in [-0.3, -0.25) is 33.6 Å². The summed E-state index contributed by atoms with van der Waals surface area (Å²) in [6.45, 7) is 16.3. The van der Waals surface area contributed by atoms with Crippen molar-refractivity contribution in [3.05, 3.63) is 0 Å². The highest BCUT2D eigenvalue weighted by Crippen LogP contribution is 2.43. The third-order valence-electron chi connectivity index (χ3n) is 8.64. The molecule has 0 aliphatic carbocycles. The van der Waals surface area contributed by atoms with Crippen LogP contribution >= 0.6 is 0 Å². The zero-order valence-electron chi connectivity index (χ0n) is 30.9. The number of aliphatic hydroxyl groups excluding tert-OH is 1. The number of carbonyl (C=O) groups excluding carboxylic acids is 7. The van der Waals surface area contributed by atoms with Crippen LogP contribution in [-0.2, 0) is 80.9 Å². The Kier molecular flexibility index (Phi) is 15.1. The average Bonchev–Trinajstić information content (AvgIpc) is 2.95. The number of carbonyl (C=O) groups is 7. The average molecular weight is 751 g/mol. The smallest absolute Gasteiger partial charge is 0.303 e. The van der Waals surface area contributed by atoms with Crippen molar-refractivity contribution in [3.63, 3.8) is 0 Å². The largest absolute Gasteiger partial charge is 0.463 e. The molecule has 51 heavy (non-hydrogen) atoms. The predicted octanol–water partition coefficient (Wildman–Crippen LogP) is 1.01. The van der Waals surface area contributed by atoms with Crippen LogP contribution in [0.2, 0.25) is 18.1 Å². The quantitative estimate of drug-likeness (QED) is 0.167. The minimum absolute atomic E-state index is 0.476. The second kappa shape index (κ2) is 17.7. The molecular formula is C32H50O18Si. The van der Waals surface area contributed by atoms with E-state index < -0.39 is 129 Å². The molecule has 1 unspecified atom stereocenters. The van der Waals surface area contributed by atoms with Crippen molar-refractivity contribution in [2.75, 3.05) is 6.61 Å². The summed E-state index contributed by atoms with van der Waals surface area (Å²) in [7, 11) is -2.84. The van der Waals surface area contributed by atoms with E-state index in [-0.39, 0.29) is 0 Å². The van der Waals surface area contributed by atoms with Crippen LogP contribution in [0.1, 0.15) is 69.2 Å². The van der Waals surface area contributed by atoms with Crippen molar-refractivity contribution in [1.29, 1.82) is 0 Å². The first kappa shape index (κ1) is 43.5. The maximum atomic E-state index is 12.5. The van der Waals surface area contributed by atoms with E-state index in [1.165, 1.54) is 0 Å². The van der Waals surface area contributed by atoms with Gasteiger partial charge in [0.15, 0.2) is 36.6 Å². The summed E-state index contributed by atoms with van der Waals surface area (Å²) in [6, 6.07) is 0. The Balaban J connectivity index is 2.83. The Morgan fingerprint density at radius 3 is 1.31 bits per heavy atom. The van der Waals surface area contributed by atoms with Crippen LogP contribution < -0.4 is 0 Å². The van der Waals surface area contributed by atoms with Crippen molar-refractivity contribution >= 4 is 49.9 Å². The lowest BCUT2D eigenvalue weighted by Gasteiger charge is -2.51. The minimum atomic E-state index is -2.84. The summed E-state index contributed by atoms with van der Waals surface area (Å²) in [5.74, 6) is -6.07. The van der Waals surface area contributed by atoms with Gasteiger partial charge in [0, 0.05) is 48.5 Å². The molecule has 0 saturated carbocycles. The van der Waals surface area contributed by atoms with Crippen molar-refractivity contribution in [2.24, 2.45) is 0 Å². The summed E-state index contributed by atoms with van der Waals surface area (Å²) in [4.78, 5) is 86.0. The molecule has 2 aliphatic heterocycles. The van der Waals surface area contributed by atoms with Gasteiger partial charge in [0.25, 0.3) is 0 Å². The topological polar surface area (TPSA) is 232 Å². The van der Waals surface area contributed by atoms with Gasteiger partial charge in [0.05, 0.1) is 13.8 Å². The zero-order valence-corrected chi connectivity index (χ0v) is 31.9. The molecule has 0 aromatic carbocycles. The number of rotatable bonds is 12.